The van der Waals surface area contributed by atoms with Gasteiger partial charge in [-0.3, -0.25) is 14.6 Å². The highest BCUT2D eigenvalue weighted by molar-refractivity contribution is 5.94. The van der Waals surface area contributed by atoms with E-state index < -0.39 is 0 Å². The highest BCUT2D eigenvalue weighted by atomic mass is 16.5. The van der Waals surface area contributed by atoms with Crippen molar-refractivity contribution >= 4 is 11.8 Å². The monoisotopic (exact) mass is 409 g/mol. The van der Waals surface area contributed by atoms with Crippen LogP contribution in [0.4, 0.5) is 0 Å². The van der Waals surface area contributed by atoms with E-state index in [0.29, 0.717) is 44.6 Å². The third kappa shape index (κ3) is 5.81. The fourth-order valence-corrected chi connectivity index (χ4v) is 3.56. The Labute approximate surface area is 178 Å². The maximum absolute atomic E-state index is 12.5. The van der Waals surface area contributed by atoms with Crippen molar-refractivity contribution < 1.29 is 14.3 Å². The Bertz CT molecular complexity index is 836. The van der Waals surface area contributed by atoms with Crippen LogP contribution in [0.5, 0.6) is 5.75 Å². The number of hydrogen-bond acceptors (Lipinski definition) is 4. The van der Waals surface area contributed by atoms with E-state index in [1.54, 1.807) is 24.5 Å². The van der Waals surface area contributed by atoms with Crippen LogP contribution in [0, 0.1) is 5.92 Å². The van der Waals surface area contributed by atoms with Gasteiger partial charge in [-0.25, -0.2) is 0 Å². The Balaban J connectivity index is 1.36. The van der Waals surface area contributed by atoms with Crippen LogP contribution in [-0.4, -0.2) is 47.9 Å². The van der Waals surface area contributed by atoms with Crippen LogP contribution in [0.3, 0.4) is 0 Å². The lowest BCUT2D eigenvalue weighted by Gasteiger charge is -2.31. The van der Waals surface area contributed by atoms with Crippen molar-refractivity contribution in [3.63, 3.8) is 0 Å². The number of hydrogen-bond donors (Lipinski definition) is 1. The molecule has 2 aromatic rings. The minimum absolute atomic E-state index is 0.00198. The van der Waals surface area contributed by atoms with Gasteiger partial charge in [0, 0.05) is 37.0 Å². The number of pyridine rings is 1. The van der Waals surface area contributed by atoms with Gasteiger partial charge in [0.25, 0.3) is 5.91 Å². The van der Waals surface area contributed by atoms with Crippen LogP contribution in [-0.2, 0) is 10.2 Å². The van der Waals surface area contributed by atoms with E-state index in [-0.39, 0.29) is 23.1 Å². The molecule has 0 aliphatic carbocycles. The minimum Gasteiger partial charge on any atom is -0.492 e. The largest absolute Gasteiger partial charge is 0.492 e. The summed E-state index contributed by atoms with van der Waals surface area (Å²) in [6.45, 7) is 8.62. The van der Waals surface area contributed by atoms with Crippen molar-refractivity contribution in [3.8, 4) is 5.75 Å². The maximum Gasteiger partial charge on any atom is 0.253 e. The molecule has 1 saturated heterocycles. The first kappa shape index (κ1) is 21.8. The molecule has 0 atom stereocenters. The van der Waals surface area contributed by atoms with Crippen LogP contribution < -0.4 is 10.1 Å². The molecule has 2 amide bonds. The lowest BCUT2D eigenvalue weighted by molar-refractivity contribution is -0.126. The Morgan fingerprint density at radius 1 is 1.07 bits per heavy atom. The highest BCUT2D eigenvalue weighted by Crippen LogP contribution is 2.24. The van der Waals surface area contributed by atoms with E-state index in [4.69, 9.17) is 4.74 Å². The number of piperidine rings is 1. The second kappa shape index (κ2) is 9.74. The smallest absolute Gasteiger partial charge is 0.253 e. The van der Waals surface area contributed by atoms with Gasteiger partial charge in [0.05, 0.1) is 6.54 Å². The number of aromatic nitrogens is 1. The molecule has 1 aromatic carbocycles. The number of carbonyl (C=O) groups excluding carboxylic acids is 2. The lowest BCUT2D eigenvalue weighted by Crippen LogP contribution is -2.43. The molecule has 1 fully saturated rings. The number of carbonyl (C=O) groups is 2. The van der Waals surface area contributed by atoms with Crippen molar-refractivity contribution in [2.24, 2.45) is 5.92 Å². The van der Waals surface area contributed by atoms with Crippen molar-refractivity contribution in [2.45, 2.75) is 39.0 Å². The van der Waals surface area contributed by atoms with Crippen LogP contribution in [0.15, 0.2) is 48.8 Å². The molecule has 0 saturated carbocycles. The predicted molar refractivity (Wildman–Crippen MR) is 117 cm³/mol. The van der Waals surface area contributed by atoms with Crippen LogP contribution in [0.2, 0.25) is 0 Å². The molecule has 0 spiro atoms. The second-order valence-corrected chi connectivity index (χ2v) is 8.72. The van der Waals surface area contributed by atoms with E-state index >= 15 is 0 Å². The zero-order chi connectivity index (χ0) is 21.6. The standard InChI is InChI=1S/C24H31N3O3/c1-24(2,3)20-4-6-21(7-5-20)30-17-14-26-22(28)18-10-15-27(16-11-18)23(29)19-8-12-25-13-9-19/h4-9,12-13,18H,10-11,14-17H2,1-3H3,(H,26,28). The number of ether oxygens (including phenoxy) is 1. The van der Waals surface area contributed by atoms with E-state index in [0.717, 1.165) is 5.75 Å². The Morgan fingerprint density at radius 2 is 1.70 bits per heavy atom. The summed E-state index contributed by atoms with van der Waals surface area (Å²) in [5, 5.41) is 2.96. The molecule has 1 aromatic heterocycles. The lowest BCUT2D eigenvalue weighted by atomic mass is 9.87. The van der Waals surface area contributed by atoms with E-state index in [1.807, 2.05) is 17.0 Å². The number of benzene rings is 1. The molecule has 2 heterocycles. The van der Waals surface area contributed by atoms with Crippen molar-refractivity contribution in [1.82, 2.24) is 15.2 Å². The predicted octanol–water partition coefficient (Wildman–Crippen LogP) is 3.43. The average Bonchev–Trinajstić information content (AvgIpc) is 2.76. The Kier molecular flexibility index (Phi) is 7.08. The van der Waals surface area contributed by atoms with Crippen LogP contribution in [0.25, 0.3) is 0 Å². The third-order valence-electron chi connectivity index (χ3n) is 5.47. The van der Waals surface area contributed by atoms with Crippen molar-refractivity contribution in [3.05, 3.63) is 59.9 Å². The molecule has 3 rings (SSSR count). The fraction of sp³-hybridized carbons (Fsp3) is 0.458. The topological polar surface area (TPSA) is 71.5 Å². The molecule has 160 valence electrons. The molecule has 1 N–H and O–H groups in total. The summed E-state index contributed by atoms with van der Waals surface area (Å²) in [5.41, 5.74) is 2.02. The van der Waals surface area contributed by atoms with Gasteiger partial charge < -0.3 is 15.0 Å². The molecule has 1 aliphatic heterocycles. The fourth-order valence-electron chi connectivity index (χ4n) is 3.56. The summed E-state index contributed by atoms with van der Waals surface area (Å²) >= 11 is 0. The first-order valence-corrected chi connectivity index (χ1v) is 10.5. The van der Waals surface area contributed by atoms with Crippen LogP contribution >= 0.6 is 0 Å². The van der Waals surface area contributed by atoms with Crippen LogP contribution in [0.1, 0.15) is 49.5 Å². The van der Waals surface area contributed by atoms with Crippen molar-refractivity contribution in [1.29, 1.82) is 0 Å². The second-order valence-electron chi connectivity index (χ2n) is 8.72. The van der Waals surface area contributed by atoms with E-state index in [1.165, 1.54) is 5.56 Å². The number of rotatable bonds is 6. The molecule has 6 heteroatoms. The zero-order valence-corrected chi connectivity index (χ0v) is 18.1. The number of amides is 2. The molecule has 0 radical (unpaired) electrons. The highest BCUT2D eigenvalue weighted by Gasteiger charge is 2.27. The first-order chi connectivity index (χ1) is 14.3. The Hall–Kier alpha value is -2.89. The number of likely N-dealkylation sites (tertiary alicyclic amines) is 1. The summed E-state index contributed by atoms with van der Waals surface area (Å²) in [6, 6.07) is 11.5. The molecular weight excluding hydrogens is 378 g/mol. The molecule has 1 aliphatic rings. The van der Waals surface area contributed by atoms with E-state index in [2.05, 4.69) is 43.2 Å². The van der Waals surface area contributed by atoms with Gasteiger partial charge >= 0.3 is 0 Å². The number of nitrogens with zero attached hydrogens (tertiary/aromatic N) is 2. The quantitative estimate of drug-likeness (QED) is 0.742. The third-order valence-corrected chi connectivity index (χ3v) is 5.47. The molecule has 0 unspecified atom stereocenters. The summed E-state index contributed by atoms with van der Waals surface area (Å²) in [5.74, 6) is 0.789. The molecular formula is C24H31N3O3. The normalized spacial score (nSPS) is 15.0. The summed E-state index contributed by atoms with van der Waals surface area (Å²) in [7, 11) is 0. The number of nitrogens with one attached hydrogen (secondary N) is 1. The van der Waals surface area contributed by atoms with Gasteiger partial charge in [0.1, 0.15) is 12.4 Å². The molecule has 30 heavy (non-hydrogen) atoms. The van der Waals surface area contributed by atoms with Gasteiger partial charge in [-0.05, 0) is 48.1 Å². The van der Waals surface area contributed by atoms with Crippen molar-refractivity contribution in [2.75, 3.05) is 26.2 Å². The maximum atomic E-state index is 12.5. The Morgan fingerprint density at radius 3 is 2.30 bits per heavy atom. The van der Waals surface area contributed by atoms with Gasteiger partial charge in [-0.1, -0.05) is 32.9 Å². The minimum atomic E-state index is -0.0578. The first-order valence-electron chi connectivity index (χ1n) is 10.5. The summed E-state index contributed by atoms with van der Waals surface area (Å²) < 4.78 is 5.74. The average molecular weight is 410 g/mol. The van der Waals surface area contributed by atoms with E-state index in [9.17, 15) is 9.59 Å². The summed E-state index contributed by atoms with van der Waals surface area (Å²) in [4.78, 5) is 30.7. The zero-order valence-electron chi connectivity index (χ0n) is 18.1. The molecule has 0 bridgehead atoms. The van der Waals surface area contributed by atoms with Gasteiger partial charge in [0.15, 0.2) is 0 Å². The van der Waals surface area contributed by atoms with Gasteiger partial charge in [-0.15, -0.1) is 0 Å². The summed E-state index contributed by atoms with van der Waals surface area (Å²) in [6.07, 6.45) is 4.60. The SMILES string of the molecule is CC(C)(C)c1ccc(OCCNC(=O)C2CCN(C(=O)c3ccncc3)CC2)cc1. The van der Waals surface area contributed by atoms with Gasteiger partial charge in [-0.2, -0.15) is 0 Å². The molecule has 6 nitrogen and oxygen atoms in total. The van der Waals surface area contributed by atoms with Gasteiger partial charge in [0.2, 0.25) is 5.91 Å².